The number of benzene rings is 2. The van der Waals surface area contributed by atoms with Crippen molar-refractivity contribution in [3.8, 4) is 0 Å². The summed E-state index contributed by atoms with van der Waals surface area (Å²) in [6.45, 7) is 3.29. The summed E-state index contributed by atoms with van der Waals surface area (Å²) in [7, 11) is 0. The minimum Gasteiger partial charge on any atom is -0.449 e. The Balaban J connectivity index is 1.68. The maximum absolute atomic E-state index is 12.3. The molecule has 0 aliphatic heterocycles. The number of anilines is 1. The maximum atomic E-state index is 12.3. The highest BCUT2D eigenvalue weighted by atomic mass is 35.5. The minimum absolute atomic E-state index is 0.0554. The van der Waals surface area contributed by atoms with E-state index in [0.717, 1.165) is 10.9 Å². The number of hydrogen-bond donors (Lipinski definition) is 1. The number of para-hydroxylation sites is 1. The topological polar surface area (TPSA) is 68.5 Å². The molecule has 1 heterocycles. The Morgan fingerprint density at radius 2 is 1.92 bits per heavy atom. The number of amides is 1. The molecule has 0 fully saturated rings. The smallest absolute Gasteiger partial charge is 0.375 e. The number of nitrogens with one attached hydrogen (secondary N) is 1. The van der Waals surface area contributed by atoms with E-state index in [1.807, 2.05) is 18.2 Å². The SMILES string of the molecule is Cc1c(Cl)cccc1NC(=O)[C@H](C)OC(=O)c1cc2ccccc2o1. The Morgan fingerprint density at radius 3 is 2.68 bits per heavy atom. The Hall–Kier alpha value is -2.79. The Morgan fingerprint density at radius 1 is 1.16 bits per heavy atom. The Labute approximate surface area is 149 Å². The van der Waals surface area contributed by atoms with Crippen LogP contribution in [0.1, 0.15) is 23.0 Å². The van der Waals surface area contributed by atoms with Crippen LogP contribution in [0, 0.1) is 6.92 Å². The summed E-state index contributed by atoms with van der Waals surface area (Å²) in [4.78, 5) is 24.4. The third kappa shape index (κ3) is 3.67. The van der Waals surface area contributed by atoms with Crippen molar-refractivity contribution in [2.24, 2.45) is 0 Å². The summed E-state index contributed by atoms with van der Waals surface area (Å²) in [5.74, 6) is -1.09. The minimum atomic E-state index is -0.987. The lowest BCUT2D eigenvalue weighted by Gasteiger charge is -2.14. The first-order valence-corrected chi connectivity index (χ1v) is 8.09. The average Bonchev–Trinajstić information content (AvgIpc) is 3.03. The standard InChI is InChI=1S/C19H16ClNO4/c1-11-14(20)7-5-8-15(11)21-18(22)12(2)24-19(23)17-10-13-6-3-4-9-16(13)25-17/h3-10,12H,1-2H3,(H,21,22)/t12-/m0/s1. The second-order valence-electron chi connectivity index (χ2n) is 5.60. The van der Waals surface area contributed by atoms with Crippen LogP contribution in [0.15, 0.2) is 52.9 Å². The zero-order valence-electron chi connectivity index (χ0n) is 13.7. The van der Waals surface area contributed by atoms with E-state index < -0.39 is 18.0 Å². The fourth-order valence-corrected chi connectivity index (χ4v) is 2.51. The van der Waals surface area contributed by atoms with E-state index in [0.29, 0.717) is 16.3 Å². The molecule has 0 saturated heterocycles. The van der Waals surface area contributed by atoms with E-state index in [4.69, 9.17) is 20.8 Å². The van der Waals surface area contributed by atoms with Crippen LogP contribution in [0.5, 0.6) is 0 Å². The zero-order chi connectivity index (χ0) is 18.0. The fraction of sp³-hybridized carbons (Fsp3) is 0.158. The van der Waals surface area contributed by atoms with E-state index in [1.165, 1.54) is 6.92 Å². The molecule has 2 aromatic carbocycles. The van der Waals surface area contributed by atoms with Crippen molar-refractivity contribution >= 4 is 40.1 Å². The normalized spacial score (nSPS) is 12.0. The van der Waals surface area contributed by atoms with Gasteiger partial charge < -0.3 is 14.5 Å². The van der Waals surface area contributed by atoms with Crippen LogP contribution in [0.2, 0.25) is 5.02 Å². The van der Waals surface area contributed by atoms with E-state index in [-0.39, 0.29) is 5.76 Å². The van der Waals surface area contributed by atoms with Gasteiger partial charge in [0.15, 0.2) is 6.10 Å². The van der Waals surface area contributed by atoms with Crippen LogP contribution in [-0.4, -0.2) is 18.0 Å². The molecule has 0 radical (unpaired) electrons. The average molecular weight is 358 g/mol. The van der Waals surface area contributed by atoms with Gasteiger partial charge in [-0.05, 0) is 43.7 Å². The summed E-state index contributed by atoms with van der Waals surface area (Å²) >= 11 is 6.03. The summed E-state index contributed by atoms with van der Waals surface area (Å²) in [6, 6.07) is 14.0. The first kappa shape index (κ1) is 17.0. The molecular weight excluding hydrogens is 342 g/mol. The number of hydrogen-bond acceptors (Lipinski definition) is 4. The number of fused-ring (bicyclic) bond motifs is 1. The molecule has 5 nitrogen and oxygen atoms in total. The van der Waals surface area contributed by atoms with Gasteiger partial charge in [-0.1, -0.05) is 35.9 Å². The van der Waals surface area contributed by atoms with Gasteiger partial charge >= 0.3 is 5.97 Å². The molecule has 3 rings (SSSR count). The third-order valence-corrected chi connectivity index (χ3v) is 4.21. The molecule has 0 unspecified atom stereocenters. The fourth-order valence-electron chi connectivity index (χ4n) is 2.33. The van der Waals surface area contributed by atoms with Gasteiger partial charge in [-0.3, -0.25) is 4.79 Å². The second-order valence-corrected chi connectivity index (χ2v) is 6.00. The monoisotopic (exact) mass is 357 g/mol. The largest absolute Gasteiger partial charge is 0.449 e. The molecule has 0 aliphatic rings. The second kappa shape index (κ2) is 6.99. The molecule has 1 N–H and O–H groups in total. The number of furan rings is 1. The van der Waals surface area contributed by atoms with Crippen molar-refractivity contribution in [1.29, 1.82) is 0 Å². The molecule has 0 bridgehead atoms. The number of halogens is 1. The number of carbonyl (C=O) groups is 2. The van der Waals surface area contributed by atoms with Crippen molar-refractivity contribution in [3.63, 3.8) is 0 Å². The highest BCUT2D eigenvalue weighted by Gasteiger charge is 2.22. The molecule has 1 amide bonds. The summed E-state index contributed by atoms with van der Waals surface area (Å²) in [5, 5.41) is 4.04. The van der Waals surface area contributed by atoms with Crippen LogP contribution < -0.4 is 5.32 Å². The molecule has 3 aromatic rings. The molecule has 0 saturated carbocycles. The summed E-state index contributed by atoms with van der Waals surface area (Å²) < 4.78 is 10.6. The van der Waals surface area contributed by atoms with E-state index in [2.05, 4.69) is 5.32 Å². The maximum Gasteiger partial charge on any atom is 0.375 e. The van der Waals surface area contributed by atoms with Gasteiger partial charge in [-0.2, -0.15) is 0 Å². The zero-order valence-corrected chi connectivity index (χ0v) is 14.5. The molecule has 0 aliphatic carbocycles. The Kier molecular flexibility index (Phi) is 4.76. The predicted octanol–water partition coefficient (Wildman–Crippen LogP) is 4.58. The van der Waals surface area contributed by atoms with Gasteiger partial charge in [0.2, 0.25) is 5.76 Å². The Bertz CT molecular complexity index is 915. The molecular formula is C19H16ClNO4. The van der Waals surface area contributed by atoms with Gasteiger partial charge in [0.05, 0.1) is 0 Å². The van der Waals surface area contributed by atoms with Crippen LogP contribution >= 0.6 is 11.6 Å². The van der Waals surface area contributed by atoms with Crippen molar-refractivity contribution in [2.45, 2.75) is 20.0 Å². The van der Waals surface area contributed by atoms with Crippen LogP contribution in [0.3, 0.4) is 0 Å². The lowest BCUT2D eigenvalue weighted by Crippen LogP contribution is -2.30. The lowest BCUT2D eigenvalue weighted by atomic mass is 10.2. The van der Waals surface area contributed by atoms with E-state index >= 15 is 0 Å². The van der Waals surface area contributed by atoms with Crippen LogP contribution in [-0.2, 0) is 9.53 Å². The molecule has 1 aromatic heterocycles. The van der Waals surface area contributed by atoms with Crippen molar-refractivity contribution < 1.29 is 18.7 Å². The first-order valence-electron chi connectivity index (χ1n) is 7.71. The third-order valence-electron chi connectivity index (χ3n) is 3.81. The van der Waals surface area contributed by atoms with E-state index in [1.54, 1.807) is 37.3 Å². The lowest BCUT2D eigenvalue weighted by molar-refractivity contribution is -0.123. The van der Waals surface area contributed by atoms with Gasteiger partial charge in [0.1, 0.15) is 5.58 Å². The first-order chi connectivity index (χ1) is 12.0. The number of ether oxygens (including phenoxy) is 1. The van der Waals surface area contributed by atoms with Gasteiger partial charge in [-0.15, -0.1) is 0 Å². The van der Waals surface area contributed by atoms with Gasteiger partial charge in [0, 0.05) is 16.1 Å². The summed E-state index contributed by atoms with van der Waals surface area (Å²) in [6.07, 6.45) is -0.987. The van der Waals surface area contributed by atoms with E-state index in [9.17, 15) is 9.59 Å². The highest BCUT2D eigenvalue weighted by molar-refractivity contribution is 6.31. The molecule has 128 valence electrons. The number of rotatable bonds is 4. The molecule has 1 atom stereocenters. The van der Waals surface area contributed by atoms with Crippen molar-refractivity contribution in [1.82, 2.24) is 0 Å². The summed E-state index contributed by atoms with van der Waals surface area (Å²) in [5.41, 5.74) is 1.90. The highest BCUT2D eigenvalue weighted by Crippen LogP contribution is 2.23. The predicted molar refractivity (Wildman–Crippen MR) is 95.9 cm³/mol. The van der Waals surface area contributed by atoms with Crippen molar-refractivity contribution in [3.05, 3.63) is 64.9 Å². The molecule has 0 spiro atoms. The van der Waals surface area contributed by atoms with Gasteiger partial charge in [-0.25, -0.2) is 4.79 Å². The van der Waals surface area contributed by atoms with Crippen molar-refractivity contribution in [2.75, 3.05) is 5.32 Å². The quantitative estimate of drug-likeness (QED) is 0.694. The molecule has 25 heavy (non-hydrogen) atoms. The van der Waals surface area contributed by atoms with Crippen LogP contribution in [0.25, 0.3) is 11.0 Å². The van der Waals surface area contributed by atoms with Crippen LogP contribution in [0.4, 0.5) is 5.69 Å². The number of esters is 1. The van der Waals surface area contributed by atoms with Gasteiger partial charge in [0.25, 0.3) is 5.91 Å². The molecule has 6 heteroatoms. The number of carbonyl (C=O) groups excluding carboxylic acids is 2.